The van der Waals surface area contributed by atoms with Crippen LogP contribution in [0.1, 0.15) is 52.0 Å². The molecule has 0 spiro atoms. The monoisotopic (exact) mass is 262 g/mol. The fraction of sp³-hybridized carbons (Fsp3) is 0.733. The zero-order valence-corrected chi connectivity index (χ0v) is 12.4. The quantitative estimate of drug-likeness (QED) is 0.886. The van der Waals surface area contributed by atoms with Crippen molar-refractivity contribution in [3.05, 3.63) is 18.0 Å². The number of anilines is 1. The minimum atomic E-state index is 0.492. The molecule has 0 saturated carbocycles. The van der Waals surface area contributed by atoms with Crippen molar-refractivity contribution in [2.24, 2.45) is 0 Å². The molecule has 1 aromatic heterocycles. The molecule has 0 aliphatic carbocycles. The third-order valence-electron chi connectivity index (χ3n) is 3.76. The van der Waals surface area contributed by atoms with E-state index in [0.717, 1.165) is 24.6 Å². The molecule has 0 bridgehead atoms. The summed E-state index contributed by atoms with van der Waals surface area (Å²) >= 11 is 0. The first-order valence-corrected chi connectivity index (χ1v) is 7.51. The number of aromatic nitrogens is 2. The molecular formula is C15H26N4. The highest BCUT2D eigenvalue weighted by Gasteiger charge is 2.22. The van der Waals surface area contributed by atoms with Crippen LogP contribution in [0.15, 0.2) is 12.4 Å². The predicted molar refractivity (Wildman–Crippen MR) is 79.3 cm³/mol. The van der Waals surface area contributed by atoms with Gasteiger partial charge in [-0.1, -0.05) is 20.8 Å². The first-order chi connectivity index (χ1) is 9.20. The molecule has 1 aliphatic heterocycles. The maximum Gasteiger partial charge on any atom is 0.225 e. The fourth-order valence-corrected chi connectivity index (χ4v) is 2.60. The van der Waals surface area contributed by atoms with Crippen LogP contribution >= 0.6 is 0 Å². The highest BCUT2D eigenvalue weighted by atomic mass is 15.3. The highest BCUT2D eigenvalue weighted by molar-refractivity contribution is 5.32. The van der Waals surface area contributed by atoms with E-state index >= 15 is 0 Å². The summed E-state index contributed by atoms with van der Waals surface area (Å²) in [5.74, 6) is 0.903. The van der Waals surface area contributed by atoms with Crippen molar-refractivity contribution in [2.45, 2.75) is 65.1 Å². The van der Waals surface area contributed by atoms with Crippen molar-refractivity contribution in [2.75, 3.05) is 11.4 Å². The second kappa shape index (κ2) is 6.85. The number of nitrogens with one attached hydrogen (secondary N) is 1. The molecule has 19 heavy (non-hydrogen) atoms. The maximum absolute atomic E-state index is 4.55. The highest BCUT2D eigenvalue weighted by Crippen LogP contribution is 2.23. The van der Waals surface area contributed by atoms with Crippen molar-refractivity contribution >= 4 is 5.95 Å². The molecule has 106 valence electrons. The Hall–Kier alpha value is -1.16. The van der Waals surface area contributed by atoms with Gasteiger partial charge in [0.1, 0.15) is 0 Å². The van der Waals surface area contributed by atoms with Crippen LogP contribution in [-0.2, 0) is 6.54 Å². The number of hydrogen-bond donors (Lipinski definition) is 1. The Morgan fingerprint density at radius 2 is 2.05 bits per heavy atom. The lowest BCUT2D eigenvalue weighted by molar-refractivity contribution is 0.443. The van der Waals surface area contributed by atoms with Gasteiger partial charge in [0.25, 0.3) is 0 Å². The van der Waals surface area contributed by atoms with Crippen molar-refractivity contribution in [1.82, 2.24) is 15.3 Å². The van der Waals surface area contributed by atoms with Gasteiger partial charge >= 0.3 is 0 Å². The van der Waals surface area contributed by atoms with Crippen LogP contribution in [0.25, 0.3) is 0 Å². The summed E-state index contributed by atoms with van der Waals surface area (Å²) in [5, 5.41) is 3.39. The summed E-state index contributed by atoms with van der Waals surface area (Å²) in [6.45, 7) is 8.49. The van der Waals surface area contributed by atoms with Gasteiger partial charge in [0.05, 0.1) is 0 Å². The standard InChI is InChI=1S/C15H26N4/c1-4-14-7-5-6-8-19(14)15-17-10-13(11-18-15)9-16-12(2)3/h10-12,14,16H,4-9H2,1-3H3. The van der Waals surface area contributed by atoms with E-state index in [4.69, 9.17) is 0 Å². The van der Waals surface area contributed by atoms with Gasteiger partial charge < -0.3 is 10.2 Å². The van der Waals surface area contributed by atoms with E-state index < -0.39 is 0 Å². The Morgan fingerprint density at radius 3 is 2.68 bits per heavy atom. The second-order valence-electron chi connectivity index (χ2n) is 5.68. The van der Waals surface area contributed by atoms with Crippen molar-refractivity contribution in [1.29, 1.82) is 0 Å². The van der Waals surface area contributed by atoms with Crippen LogP contribution in [-0.4, -0.2) is 28.6 Å². The van der Waals surface area contributed by atoms with Gasteiger partial charge in [-0.05, 0) is 25.7 Å². The number of hydrogen-bond acceptors (Lipinski definition) is 4. The maximum atomic E-state index is 4.55. The molecular weight excluding hydrogens is 236 g/mol. The van der Waals surface area contributed by atoms with Gasteiger partial charge in [0.15, 0.2) is 0 Å². The van der Waals surface area contributed by atoms with E-state index in [1.165, 1.54) is 25.7 Å². The summed E-state index contributed by atoms with van der Waals surface area (Å²) in [6, 6.07) is 1.11. The molecule has 2 rings (SSSR count). The first kappa shape index (κ1) is 14.3. The third-order valence-corrected chi connectivity index (χ3v) is 3.76. The normalized spacial score (nSPS) is 20.0. The summed E-state index contributed by atoms with van der Waals surface area (Å²) in [4.78, 5) is 11.5. The SMILES string of the molecule is CCC1CCCCN1c1ncc(CNC(C)C)cn1. The zero-order valence-electron chi connectivity index (χ0n) is 12.4. The molecule has 1 fully saturated rings. The molecule has 2 heterocycles. The summed E-state index contributed by atoms with van der Waals surface area (Å²) in [6.07, 6.45) is 8.97. The number of piperidine rings is 1. The number of nitrogens with zero attached hydrogens (tertiary/aromatic N) is 3. The molecule has 4 heteroatoms. The van der Waals surface area contributed by atoms with E-state index in [1.807, 2.05) is 12.4 Å². The topological polar surface area (TPSA) is 41.1 Å². The molecule has 0 aromatic carbocycles. The van der Waals surface area contributed by atoms with Crippen molar-refractivity contribution in [3.63, 3.8) is 0 Å². The van der Waals surface area contributed by atoms with Crippen molar-refractivity contribution < 1.29 is 0 Å². The molecule has 1 saturated heterocycles. The van der Waals surface area contributed by atoms with Crippen LogP contribution in [0.5, 0.6) is 0 Å². The van der Waals surface area contributed by atoms with Crippen LogP contribution < -0.4 is 10.2 Å². The fourth-order valence-electron chi connectivity index (χ4n) is 2.60. The van der Waals surface area contributed by atoms with E-state index in [1.54, 1.807) is 0 Å². The summed E-state index contributed by atoms with van der Waals surface area (Å²) in [7, 11) is 0. The van der Waals surface area contributed by atoms with E-state index in [2.05, 4.69) is 41.0 Å². The smallest absolute Gasteiger partial charge is 0.225 e. The Balaban J connectivity index is 2.00. The van der Waals surface area contributed by atoms with E-state index in [-0.39, 0.29) is 0 Å². The minimum absolute atomic E-state index is 0.492. The average molecular weight is 262 g/mol. The Bertz CT molecular complexity index is 374. The van der Waals surface area contributed by atoms with Crippen LogP contribution in [0.2, 0.25) is 0 Å². The lowest BCUT2D eigenvalue weighted by atomic mass is 10.0. The Morgan fingerprint density at radius 1 is 1.32 bits per heavy atom. The molecule has 1 unspecified atom stereocenters. The second-order valence-corrected chi connectivity index (χ2v) is 5.68. The first-order valence-electron chi connectivity index (χ1n) is 7.51. The Kier molecular flexibility index (Phi) is 5.14. The van der Waals surface area contributed by atoms with E-state index in [0.29, 0.717) is 12.1 Å². The van der Waals surface area contributed by atoms with Gasteiger partial charge in [-0.15, -0.1) is 0 Å². The lowest BCUT2D eigenvalue weighted by Crippen LogP contribution is -2.40. The third kappa shape index (κ3) is 3.90. The average Bonchev–Trinajstić information content (AvgIpc) is 2.45. The van der Waals surface area contributed by atoms with Gasteiger partial charge in [-0.3, -0.25) is 0 Å². The molecule has 1 aliphatic rings. The van der Waals surface area contributed by atoms with Crippen molar-refractivity contribution in [3.8, 4) is 0 Å². The van der Waals surface area contributed by atoms with Gasteiger partial charge in [0.2, 0.25) is 5.95 Å². The molecule has 1 aromatic rings. The zero-order chi connectivity index (χ0) is 13.7. The van der Waals surface area contributed by atoms with Crippen LogP contribution in [0.4, 0.5) is 5.95 Å². The van der Waals surface area contributed by atoms with Gasteiger partial charge in [-0.2, -0.15) is 0 Å². The summed E-state index contributed by atoms with van der Waals surface area (Å²) < 4.78 is 0. The summed E-state index contributed by atoms with van der Waals surface area (Å²) in [5.41, 5.74) is 1.16. The Labute approximate surface area is 116 Å². The van der Waals surface area contributed by atoms with Crippen LogP contribution in [0, 0.1) is 0 Å². The molecule has 1 atom stereocenters. The predicted octanol–water partition coefficient (Wildman–Crippen LogP) is 2.74. The molecule has 1 N–H and O–H groups in total. The molecule has 0 amide bonds. The minimum Gasteiger partial charge on any atom is -0.338 e. The van der Waals surface area contributed by atoms with Crippen LogP contribution in [0.3, 0.4) is 0 Å². The van der Waals surface area contributed by atoms with E-state index in [9.17, 15) is 0 Å². The molecule has 0 radical (unpaired) electrons. The molecule has 4 nitrogen and oxygen atoms in total. The lowest BCUT2D eigenvalue weighted by Gasteiger charge is -2.35. The largest absolute Gasteiger partial charge is 0.338 e. The van der Waals surface area contributed by atoms with Gasteiger partial charge in [0, 0.05) is 43.1 Å². The van der Waals surface area contributed by atoms with Gasteiger partial charge in [-0.25, -0.2) is 9.97 Å². The number of rotatable bonds is 5.